The Morgan fingerprint density at radius 1 is 1.40 bits per heavy atom. The van der Waals surface area contributed by atoms with E-state index in [9.17, 15) is 14.7 Å². The Labute approximate surface area is 160 Å². The maximum atomic E-state index is 11.7. The Morgan fingerprint density at radius 3 is 2.76 bits per heavy atom. The molecule has 1 saturated heterocycles. The molecule has 1 atom stereocenters. The van der Waals surface area contributed by atoms with Gasteiger partial charge in [-0.05, 0) is 53.7 Å². The van der Waals surface area contributed by atoms with E-state index in [1.54, 1.807) is 18.3 Å². The van der Waals surface area contributed by atoms with Gasteiger partial charge in [0, 0.05) is 28.9 Å². The lowest BCUT2D eigenvalue weighted by molar-refractivity contribution is -0.104. The summed E-state index contributed by atoms with van der Waals surface area (Å²) >= 11 is 2.15. The van der Waals surface area contributed by atoms with Crippen LogP contribution in [0.1, 0.15) is 19.3 Å². The SMILES string of the molecule is O=C/C=C/C(N1CCCCC1)N(CCOc1ccc(I)cn1)C(=O)O. The number of hydrogen-bond donors (Lipinski definition) is 1. The van der Waals surface area contributed by atoms with E-state index in [4.69, 9.17) is 4.74 Å². The second kappa shape index (κ2) is 10.3. The molecule has 8 heteroatoms. The Bertz CT molecular complexity index is 588. The number of allylic oxidation sites excluding steroid dienone is 1. The van der Waals surface area contributed by atoms with Crippen molar-refractivity contribution in [1.82, 2.24) is 14.8 Å². The highest BCUT2D eigenvalue weighted by Gasteiger charge is 2.27. The summed E-state index contributed by atoms with van der Waals surface area (Å²) in [5.74, 6) is 0.462. The van der Waals surface area contributed by atoms with Crippen LogP contribution in [0.3, 0.4) is 0 Å². The van der Waals surface area contributed by atoms with Crippen molar-refractivity contribution in [1.29, 1.82) is 0 Å². The maximum absolute atomic E-state index is 11.7. The van der Waals surface area contributed by atoms with E-state index >= 15 is 0 Å². The van der Waals surface area contributed by atoms with Crippen molar-refractivity contribution in [2.24, 2.45) is 0 Å². The Morgan fingerprint density at radius 2 is 2.16 bits per heavy atom. The first-order chi connectivity index (χ1) is 12.1. The van der Waals surface area contributed by atoms with Crippen molar-refractivity contribution in [2.75, 3.05) is 26.2 Å². The molecule has 1 unspecified atom stereocenters. The molecule has 0 aliphatic carbocycles. The average Bonchev–Trinajstić information content (AvgIpc) is 2.62. The van der Waals surface area contributed by atoms with Crippen molar-refractivity contribution in [3.8, 4) is 5.88 Å². The number of aldehydes is 1. The van der Waals surface area contributed by atoms with Gasteiger partial charge >= 0.3 is 6.09 Å². The molecule has 7 nitrogen and oxygen atoms in total. The molecule has 1 amide bonds. The summed E-state index contributed by atoms with van der Waals surface area (Å²) < 4.78 is 6.55. The lowest BCUT2D eigenvalue weighted by Crippen LogP contribution is -2.52. The zero-order chi connectivity index (χ0) is 18.1. The number of piperidine rings is 1. The maximum Gasteiger partial charge on any atom is 0.408 e. The van der Waals surface area contributed by atoms with E-state index < -0.39 is 12.3 Å². The van der Waals surface area contributed by atoms with Gasteiger partial charge < -0.3 is 9.84 Å². The number of hydrogen-bond acceptors (Lipinski definition) is 5. The third-order valence-corrected chi connectivity index (χ3v) is 4.61. The zero-order valence-corrected chi connectivity index (χ0v) is 16.0. The number of carboxylic acid groups (broad SMARTS) is 1. The molecule has 0 saturated carbocycles. The number of pyridine rings is 1. The highest BCUT2D eigenvalue weighted by atomic mass is 127. The second-order valence-corrected chi connectivity index (χ2v) is 6.92. The predicted molar refractivity (Wildman–Crippen MR) is 102 cm³/mol. The van der Waals surface area contributed by atoms with Gasteiger partial charge in [-0.2, -0.15) is 0 Å². The van der Waals surface area contributed by atoms with E-state index in [-0.39, 0.29) is 13.2 Å². The number of likely N-dealkylation sites (tertiary alicyclic amines) is 1. The fourth-order valence-electron chi connectivity index (χ4n) is 2.79. The summed E-state index contributed by atoms with van der Waals surface area (Å²) in [6, 6.07) is 3.63. The van der Waals surface area contributed by atoms with Crippen LogP contribution in [0.25, 0.3) is 0 Å². The molecule has 2 heterocycles. The van der Waals surface area contributed by atoms with Crippen LogP contribution in [0.4, 0.5) is 4.79 Å². The van der Waals surface area contributed by atoms with Gasteiger partial charge in [-0.15, -0.1) is 0 Å². The number of aromatic nitrogens is 1. The monoisotopic (exact) mass is 459 g/mol. The standard InChI is InChI=1S/C17H22IN3O4/c18-14-6-7-15(19-13-14)25-12-10-21(17(23)24)16(5-4-11-22)20-8-2-1-3-9-20/h4-7,11,13,16H,1-3,8-10,12H2,(H,23,24)/b5-4+. The second-order valence-electron chi connectivity index (χ2n) is 5.67. The Kier molecular flexibility index (Phi) is 8.13. The summed E-state index contributed by atoms with van der Waals surface area (Å²) in [7, 11) is 0. The molecule has 1 aromatic rings. The van der Waals surface area contributed by atoms with Crippen molar-refractivity contribution in [3.05, 3.63) is 34.1 Å². The highest BCUT2D eigenvalue weighted by molar-refractivity contribution is 14.1. The van der Waals surface area contributed by atoms with E-state index in [1.165, 1.54) is 11.0 Å². The fourth-order valence-corrected chi connectivity index (χ4v) is 3.11. The predicted octanol–water partition coefficient (Wildman–Crippen LogP) is 2.61. The van der Waals surface area contributed by atoms with Crippen LogP contribution in [-0.2, 0) is 4.79 Å². The molecule has 25 heavy (non-hydrogen) atoms. The smallest absolute Gasteiger partial charge is 0.408 e. The van der Waals surface area contributed by atoms with E-state index in [1.807, 2.05) is 6.07 Å². The first kappa shape index (κ1) is 19.6. The zero-order valence-electron chi connectivity index (χ0n) is 13.9. The molecule has 1 aromatic heterocycles. The van der Waals surface area contributed by atoms with Crippen LogP contribution in [-0.4, -0.2) is 64.7 Å². The van der Waals surface area contributed by atoms with E-state index in [2.05, 4.69) is 32.5 Å². The first-order valence-corrected chi connectivity index (χ1v) is 9.29. The molecule has 136 valence electrons. The normalized spacial score (nSPS) is 16.5. The molecule has 0 aromatic carbocycles. The number of carbonyl (C=O) groups is 2. The van der Waals surface area contributed by atoms with Crippen LogP contribution in [0.5, 0.6) is 5.88 Å². The van der Waals surface area contributed by atoms with Crippen molar-refractivity contribution in [3.63, 3.8) is 0 Å². The quantitative estimate of drug-likeness (QED) is 0.366. The lowest BCUT2D eigenvalue weighted by atomic mass is 10.1. The summed E-state index contributed by atoms with van der Waals surface area (Å²) in [5, 5.41) is 9.61. The first-order valence-electron chi connectivity index (χ1n) is 8.22. The van der Waals surface area contributed by atoms with E-state index in [0.29, 0.717) is 12.2 Å². The number of amides is 1. The minimum Gasteiger partial charge on any atom is -0.476 e. The van der Waals surface area contributed by atoms with Crippen molar-refractivity contribution in [2.45, 2.75) is 25.4 Å². The molecule has 0 spiro atoms. The molecular weight excluding hydrogens is 437 g/mol. The highest BCUT2D eigenvalue weighted by Crippen LogP contribution is 2.17. The summed E-state index contributed by atoms with van der Waals surface area (Å²) in [5.41, 5.74) is 0. The van der Waals surface area contributed by atoms with Gasteiger partial charge in [-0.1, -0.05) is 6.42 Å². The van der Waals surface area contributed by atoms with Gasteiger partial charge in [-0.25, -0.2) is 9.78 Å². The molecule has 1 aliphatic rings. The minimum atomic E-state index is -1.04. The number of ether oxygens (including phenoxy) is 1. The van der Waals surface area contributed by atoms with Gasteiger partial charge in [0.15, 0.2) is 0 Å². The van der Waals surface area contributed by atoms with Gasteiger partial charge in [0.1, 0.15) is 19.1 Å². The van der Waals surface area contributed by atoms with Crippen LogP contribution >= 0.6 is 22.6 Å². The minimum absolute atomic E-state index is 0.188. The summed E-state index contributed by atoms with van der Waals surface area (Å²) in [4.78, 5) is 30.0. The number of rotatable bonds is 8. The summed E-state index contributed by atoms with van der Waals surface area (Å²) in [6.07, 6.45) is 7.06. The largest absolute Gasteiger partial charge is 0.476 e. The number of nitrogens with zero attached hydrogens (tertiary/aromatic N) is 3. The fraction of sp³-hybridized carbons (Fsp3) is 0.471. The van der Waals surface area contributed by atoms with Gasteiger partial charge in [0.25, 0.3) is 0 Å². The van der Waals surface area contributed by atoms with Gasteiger partial charge in [-0.3, -0.25) is 14.6 Å². The van der Waals surface area contributed by atoms with E-state index in [0.717, 1.165) is 35.9 Å². The van der Waals surface area contributed by atoms with Crippen LogP contribution in [0, 0.1) is 3.57 Å². The van der Waals surface area contributed by atoms with Crippen LogP contribution < -0.4 is 4.74 Å². The molecule has 0 bridgehead atoms. The molecule has 1 N–H and O–H groups in total. The van der Waals surface area contributed by atoms with Gasteiger partial charge in [0.2, 0.25) is 5.88 Å². The molecule has 2 rings (SSSR count). The average molecular weight is 459 g/mol. The van der Waals surface area contributed by atoms with Crippen LogP contribution in [0.2, 0.25) is 0 Å². The van der Waals surface area contributed by atoms with Gasteiger partial charge in [0.05, 0.1) is 6.54 Å². The Balaban J connectivity index is 2.01. The number of halogens is 1. The van der Waals surface area contributed by atoms with Crippen molar-refractivity contribution < 1.29 is 19.4 Å². The Hall–Kier alpha value is -1.68. The van der Waals surface area contributed by atoms with Crippen molar-refractivity contribution >= 4 is 35.0 Å². The molecule has 0 radical (unpaired) electrons. The third-order valence-electron chi connectivity index (χ3n) is 3.97. The summed E-state index contributed by atoms with van der Waals surface area (Å²) in [6.45, 7) is 2.01. The third kappa shape index (κ3) is 6.28. The lowest BCUT2D eigenvalue weighted by Gasteiger charge is -2.38. The number of carbonyl (C=O) groups excluding carboxylic acids is 1. The molecular formula is C17H22IN3O4. The van der Waals surface area contributed by atoms with Crippen LogP contribution in [0.15, 0.2) is 30.5 Å². The molecule has 1 aliphatic heterocycles. The topological polar surface area (TPSA) is 83.0 Å². The molecule has 1 fully saturated rings.